The van der Waals surface area contributed by atoms with E-state index in [1.807, 2.05) is 61.5 Å². The van der Waals surface area contributed by atoms with Crippen molar-refractivity contribution >= 4 is 40.4 Å². The van der Waals surface area contributed by atoms with Gasteiger partial charge >= 0.3 is 0 Å². The molecule has 1 heterocycles. The highest BCUT2D eigenvalue weighted by molar-refractivity contribution is 6.46. The number of para-hydroxylation sites is 1. The average Bonchev–Trinajstić information content (AvgIpc) is 2.99. The molecule has 31 heavy (non-hydrogen) atoms. The van der Waals surface area contributed by atoms with Crippen LogP contribution in [0.4, 0.5) is 17.1 Å². The minimum Gasteiger partial charge on any atom is -0.350 e. The zero-order valence-corrected chi connectivity index (χ0v) is 17.2. The van der Waals surface area contributed by atoms with Crippen LogP contribution in [0.5, 0.6) is 0 Å². The summed E-state index contributed by atoms with van der Waals surface area (Å²) < 4.78 is 0. The summed E-state index contributed by atoms with van der Waals surface area (Å²) in [5.41, 5.74) is 4.00. The Morgan fingerprint density at radius 1 is 0.774 bits per heavy atom. The lowest BCUT2D eigenvalue weighted by Gasteiger charge is -2.16. The molecule has 0 saturated carbocycles. The summed E-state index contributed by atoms with van der Waals surface area (Å²) in [4.78, 5) is 39.2. The maximum atomic E-state index is 13.4. The number of benzene rings is 3. The highest BCUT2D eigenvalue weighted by Gasteiger charge is 2.40. The monoisotopic (exact) mass is 411 g/mol. The van der Waals surface area contributed by atoms with Crippen LogP contribution in [0, 0.1) is 6.92 Å². The van der Waals surface area contributed by atoms with Gasteiger partial charge in [0.25, 0.3) is 11.8 Å². The Labute approximate surface area is 180 Å². The van der Waals surface area contributed by atoms with Crippen molar-refractivity contribution in [3.63, 3.8) is 0 Å². The molecule has 0 aromatic heterocycles. The summed E-state index contributed by atoms with van der Waals surface area (Å²) in [5.74, 6) is -1.03. The molecular weight excluding hydrogens is 390 g/mol. The molecule has 0 saturated heterocycles. The fourth-order valence-corrected chi connectivity index (χ4v) is 3.43. The van der Waals surface area contributed by atoms with Crippen molar-refractivity contribution in [2.45, 2.75) is 13.8 Å². The van der Waals surface area contributed by atoms with Crippen molar-refractivity contribution in [3.8, 4) is 0 Å². The molecule has 0 unspecified atom stereocenters. The molecule has 0 radical (unpaired) electrons. The minimum absolute atomic E-state index is 0.196. The summed E-state index contributed by atoms with van der Waals surface area (Å²) in [6.07, 6.45) is 0. The number of carbonyl (C=O) groups excluding carboxylic acids is 3. The highest BCUT2D eigenvalue weighted by Crippen LogP contribution is 2.34. The third-order valence-electron chi connectivity index (χ3n) is 4.91. The predicted octanol–water partition coefficient (Wildman–Crippen LogP) is 4.35. The number of nitrogens with zero attached hydrogens (tertiary/aromatic N) is 1. The van der Waals surface area contributed by atoms with Gasteiger partial charge in [-0.15, -0.1) is 0 Å². The van der Waals surface area contributed by atoms with Crippen LogP contribution in [0.1, 0.15) is 18.1 Å². The van der Waals surface area contributed by atoms with Crippen molar-refractivity contribution < 1.29 is 14.4 Å². The zero-order valence-electron chi connectivity index (χ0n) is 17.2. The van der Waals surface area contributed by atoms with Crippen molar-refractivity contribution in [1.82, 2.24) is 0 Å². The molecule has 3 amide bonds. The lowest BCUT2D eigenvalue weighted by Crippen LogP contribution is -2.32. The van der Waals surface area contributed by atoms with Gasteiger partial charge in [-0.3, -0.25) is 14.4 Å². The molecule has 0 spiro atoms. The molecule has 6 heteroatoms. The molecular formula is C25H21N3O3. The fourth-order valence-electron chi connectivity index (χ4n) is 3.43. The summed E-state index contributed by atoms with van der Waals surface area (Å²) in [7, 11) is 0. The van der Waals surface area contributed by atoms with E-state index in [-0.39, 0.29) is 11.6 Å². The second-order valence-electron chi connectivity index (χ2n) is 7.28. The van der Waals surface area contributed by atoms with Crippen LogP contribution in [0.15, 0.2) is 84.6 Å². The topological polar surface area (TPSA) is 78.5 Å². The van der Waals surface area contributed by atoms with E-state index in [1.54, 1.807) is 24.3 Å². The molecule has 1 aliphatic rings. The molecule has 0 atom stereocenters. The van der Waals surface area contributed by atoms with Gasteiger partial charge < -0.3 is 10.6 Å². The van der Waals surface area contributed by atoms with Crippen LogP contribution >= 0.6 is 0 Å². The van der Waals surface area contributed by atoms with Crippen LogP contribution in [0.2, 0.25) is 0 Å². The van der Waals surface area contributed by atoms with E-state index < -0.39 is 11.8 Å². The van der Waals surface area contributed by atoms with Gasteiger partial charge in [-0.25, -0.2) is 4.90 Å². The number of hydrogen-bond acceptors (Lipinski definition) is 4. The predicted molar refractivity (Wildman–Crippen MR) is 121 cm³/mol. The summed E-state index contributed by atoms with van der Waals surface area (Å²) in [6.45, 7) is 3.38. The maximum Gasteiger partial charge on any atom is 0.282 e. The first-order valence-corrected chi connectivity index (χ1v) is 9.84. The standard InChI is InChI=1S/C25H21N3O3/c1-16-8-10-18(11-9-16)22-23(27-19-6-4-3-5-7-19)25(31)28(24(22)30)21-14-12-20(13-15-21)26-17(2)29/h3-15,27H,1-2H3,(H,26,29). The number of nitrogens with one attached hydrogen (secondary N) is 2. The Morgan fingerprint density at radius 2 is 1.42 bits per heavy atom. The van der Waals surface area contributed by atoms with E-state index in [9.17, 15) is 14.4 Å². The first kappa shape index (κ1) is 20.1. The molecule has 0 bridgehead atoms. The van der Waals surface area contributed by atoms with E-state index >= 15 is 0 Å². The number of hydrogen-bond donors (Lipinski definition) is 2. The van der Waals surface area contributed by atoms with Gasteiger partial charge in [0.2, 0.25) is 5.91 Å². The van der Waals surface area contributed by atoms with Crippen LogP contribution in [0.25, 0.3) is 5.57 Å². The zero-order chi connectivity index (χ0) is 22.0. The molecule has 3 aromatic carbocycles. The van der Waals surface area contributed by atoms with Gasteiger partial charge in [-0.1, -0.05) is 48.0 Å². The number of imide groups is 1. The quantitative estimate of drug-likeness (QED) is 0.612. The molecule has 0 aliphatic carbocycles. The van der Waals surface area contributed by atoms with Gasteiger partial charge in [0.05, 0.1) is 11.3 Å². The van der Waals surface area contributed by atoms with Crippen LogP contribution in [-0.4, -0.2) is 17.7 Å². The highest BCUT2D eigenvalue weighted by atomic mass is 16.2. The fraction of sp³-hybridized carbons (Fsp3) is 0.0800. The first-order valence-electron chi connectivity index (χ1n) is 9.84. The Balaban J connectivity index is 1.74. The molecule has 6 nitrogen and oxygen atoms in total. The number of rotatable bonds is 5. The van der Waals surface area contributed by atoms with Gasteiger partial charge in [-0.05, 0) is 48.9 Å². The summed E-state index contributed by atoms with van der Waals surface area (Å²) in [5, 5.41) is 5.81. The lowest BCUT2D eigenvalue weighted by atomic mass is 10.0. The minimum atomic E-state index is -0.434. The number of carbonyl (C=O) groups is 3. The first-order chi connectivity index (χ1) is 14.9. The normalized spacial score (nSPS) is 13.5. The van der Waals surface area contributed by atoms with Crippen molar-refractivity contribution in [2.24, 2.45) is 0 Å². The van der Waals surface area contributed by atoms with Gasteiger partial charge in [0.15, 0.2) is 0 Å². The maximum absolute atomic E-state index is 13.4. The molecule has 154 valence electrons. The lowest BCUT2D eigenvalue weighted by molar-refractivity contribution is -0.120. The molecule has 3 aromatic rings. The molecule has 0 fully saturated rings. The smallest absolute Gasteiger partial charge is 0.282 e. The average molecular weight is 411 g/mol. The second-order valence-corrected chi connectivity index (χ2v) is 7.28. The molecule has 2 N–H and O–H groups in total. The van der Waals surface area contributed by atoms with Crippen molar-refractivity contribution in [2.75, 3.05) is 15.5 Å². The van der Waals surface area contributed by atoms with Crippen LogP contribution in [0.3, 0.4) is 0 Å². The summed E-state index contributed by atoms with van der Waals surface area (Å²) in [6, 6.07) is 23.3. The van der Waals surface area contributed by atoms with E-state index in [2.05, 4.69) is 10.6 Å². The number of amides is 3. The Kier molecular flexibility index (Phi) is 5.37. The van der Waals surface area contributed by atoms with Gasteiger partial charge in [-0.2, -0.15) is 0 Å². The largest absolute Gasteiger partial charge is 0.350 e. The van der Waals surface area contributed by atoms with E-state index in [1.165, 1.54) is 6.92 Å². The Bertz CT molecular complexity index is 1180. The third-order valence-corrected chi connectivity index (χ3v) is 4.91. The molecule has 1 aliphatic heterocycles. The Morgan fingerprint density at radius 3 is 2.03 bits per heavy atom. The summed E-state index contributed by atoms with van der Waals surface area (Å²) >= 11 is 0. The molecule has 4 rings (SSSR count). The second kappa shape index (κ2) is 8.28. The number of aryl methyl sites for hydroxylation is 1. The van der Waals surface area contributed by atoms with Crippen molar-refractivity contribution in [3.05, 3.63) is 95.7 Å². The number of anilines is 3. The van der Waals surface area contributed by atoms with E-state index in [0.717, 1.165) is 10.5 Å². The van der Waals surface area contributed by atoms with Crippen LogP contribution < -0.4 is 15.5 Å². The SMILES string of the molecule is CC(=O)Nc1ccc(N2C(=O)C(Nc3ccccc3)=C(c3ccc(C)cc3)C2=O)cc1. The van der Waals surface area contributed by atoms with E-state index in [4.69, 9.17) is 0 Å². The van der Waals surface area contributed by atoms with Crippen molar-refractivity contribution in [1.29, 1.82) is 0 Å². The van der Waals surface area contributed by atoms with Crippen LogP contribution in [-0.2, 0) is 14.4 Å². The van der Waals surface area contributed by atoms with Gasteiger partial charge in [0, 0.05) is 18.3 Å². The van der Waals surface area contributed by atoms with Gasteiger partial charge in [0.1, 0.15) is 5.70 Å². The van der Waals surface area contributed by atoms with E-state index in [0.29, 0.717) is 28.2 Å². The third kappa shape index (κ3) is 4.09. The Hall–Kier alpha value is -4.19.